The Morgan fingerprint density at radius 1 is 0.795 bits per heavy atom. The molecule has 0 radical (unpaired) electrons. The van der Waals surface area contributed by atoms with Crippen molar-refractivity contribution >= 4 is 29.6 Å². The van der Waals surface area contributed by atoms with Crippen molar-refractivity contribution in [2.24, 2.45) is 5.73 Å². The molecule has 2 aromatic rings. The number of carbonyl (C=O) groups is 5. The van der Waals surface area contributed by atoms with Crippen molar-refractivity contribution in [3.05, 3.63) is 65.7 Å². The van der Waals surface area contributed by atoms with Gasteiger partial charge in [-0.1, -0.05) is 42.5 Å². The lowest BCUT2D eigenvalue weighted by molar-refractivity contribution is -0.145. The Morgan fingerprint density at radius 2 is 1.38 bits per heavy atom. The largest absolute Gasteiger partial charge is 0.508 e. The van der Waals surface area contributed by atoms with Crippen LogP contribution in [0.4, 0.5) is 0 Å². The minimum absolute atomic E-state index is 0.0213. The van der Waals surface area contributed by atoms with Gasteiger partial charge in [0.15, 0.2) is 6.04 Å². The molecule has 4 amide bonds. The number of carboxylic acids is 1. The summed E-state index contributed by atoms with van der Waals surface area (Å²) >= 11 is 0. The Bertz CT molecular complexity index is 1140. The summed E-state index contributed by atoms with van der Waals surface area (Å²) in [5.41, 5.74) is 7.25. The third kappa shape index (κ3) is 10.8. The van der Waals surface area contributed by atoms with Crippen molar-refractivity contribution < 1.29 is 39.3 Å². The monoisotopic (exact) mass is 543 g/mol. The zero-order valence-electron chi connectivity index (χ0n) is 21.3. The van der Waals surface area contributed by atoms with Gasteiger partial charge in [-0.05, 0) is 36.6 Å². The van der Waals surface area contributed by atoms with Crippen LogP contribution in [0.25, 0.3) is 0 Å². The number of aliphatic hydroxyl groups excluding tert-OH is 1. The van der Waals surface area contributed by atoms with E-state index in [1.807, 2.05) is 0 Å². The number of carbonyl (C=O) groups excluding carboxylic acids is 4. The van der Waals surface area contributed by atoms with Crippen molar-refractivity contribution in [2.45, 2.75) is 44.0 Å². The molecule has 13 nitrogen and oxygen atoms in total. The minimum atomic E-state index is -1.59. The van der Waals surface area contributed by atoms with E-state index in [4.69, 9.17) is 5.73 Å². The number of amides is 4. The summed E-state index contributed by atoms with van der Waals surface area (Å²) in [6, 6.07) is 11.1. The van der Waals surface area contributed by atoms with Gasteiger partial charge < -0.3 is 42.3 Å². The molecule has 0 bridgehead atoms. The number of phenolic OH excluding ortho intramolecular Hbond substituents is 1. The Morgan fingerprint density at radius 3 is 1.97 bits per heavy atom. The van der Waals surface area contributed by atoms with Crippen molar-refractivity contribution in [1.29, 1.82) is 0 Å². The van der Waals surface area contributed by atoms with E-state index in [1.54, 1.807) is 42.5 Å². The van der Waals surface area contributed by atoms with Gasteiger partial charge in [-0.2, -0.15) is 0 Å². The van der Waals surface area contributed by atoms with E-state index in [0.717, 1.165) is 0 Å². The lowest BCUT2D eigenvalue weighted by atomic mass is 10.0. The first-order valence-electron chi connectivity index (χ1n) is 12.1. The quantitative estimate of drug-likeness (QED) is 0.134. The summed E-state index contributed by atoms with van der Waals surface area (Å²) < 4.78 is 0. The SMILES string of the molecule is C[C@@H](O)[C@H](NC(=O)[C@H](Cc1ccccc1)NC(=O)CNC(=O)CNC(=O)[C@@H](N)Cc1ccc(O)cc1)C(=O)O. The normalized spacial score (nSPS) is 13.7. The second kappa shape index (κ2) is 15.1. The number of nitrogens with one attached hydrogen (secondary N) is 4. The molecule has 0 saturated heterocycles. The molecule has 0 fully saturated rings. The number of carboxylic acid groups (broad SMARTS) is 1. The predicted octanol–water partition coefficient (Wildman–Crippen LogP) is -1.83. The maximum absolute atomic E-state index is 12.8. The number of hydrogen-bond acceptors (Lipinski definition) is 8. The minimum Gasteiger partial charge on any atom is -0.508 e. The smallest absolute Gasteiger partial charge is 0.328 e. The van der Waals surface area contributed by atoms with E-state index in [1.165, 1.54) is 19.1 Å². The maximum Gasteiger partial charge on any atom is 0.328 e. The van der Waals surface area contributed by atoms with Gasteiger partial charge in [0, 0.05) is 6.42 Å². The number of hydrogen-bond donors (Lipinski definition) is 8. The van der Waals surface area contributed by atoms with Crippen LogP contribution in [0.1, 0.15) is 18.1 Å². The number of rotatable bonds is 14. The fraction of sp³-hybridized carbons (Fsp3) is 0.346. The zero-order valence-corrected chi connectivity index (χ0v) is 21.3. The molecule has 0 aliphatic rings. The summed E-state index contributed by atoms with van der Waals surface area (Å²) in [5, 5.41) is 37.6. The predicted molar refractivity (Wildman–Crippen MR) is 139 cm³/mol. The van der Waals surface area contributed by atoms with Crippen LogP contribution >= 0.6 is 0 Å². The zero-order chi connectivity index (χ0) is 28.9. The van der Waals surface area contributed by atoms with E-state index in [9.17, 15) is 39.3 Å². The summed E-state index contributed by atoms with van der Waals surface area (Å²) in [6.07, 6.45) is -1.19. The standard InChI is InChI=1S/C26H33N5O8/c1-15(32)23(26(38)39)31-25(37)20(12-16-5-3-2-4-6-16)30-22(35)14-28-21(34)13-29-24(36)19(27)11-17-7-9-18(33)10-8-17/h2-10,15,19-20,23,32-33H,11-14,27H2,1H3,(H,28,34)(H,29,36)(H,30,35)(H,31,37)(H,38,39)/t15-,19+,20+,23+/m1/s1. The van der Waals surface area contributed by atoms with Gasteiger partial charge in [-0.3, -0.25) is 19.2 Å². The van der Waals surface area contributed by atoms with Crippen LogP contribution in [0.5, 0.6) is 5.75 Å². The fourth-order valence-electron chi connectivity index (χ4n) is 3.47. The molecular weight excluding hydrogens is 510 g/mol. The first-order chi connectivity index (χ1) is 18.5. The van der Waals surface area contributed by atoms with Crippen molar-refractivity contribution in [1.82, 2.24) is 21.3 Å². The highest BCUT2D eigenvalue weighted by atomic mass is 16.4. The van der Waals surface area contributed by atoms with E-state index >= 15 is 0 Å². The lowest BCUT2D eigenvalue weighted by Gasteiger charge is -2.23. The Hall–Kier alpha value is -4.49. The average molecular weight is 544 g/mol. The van der Waals surface area contributed by atoms with E-state index in [0.29, 0.717) is 11.1 Å². The number of aromatic hydroxyl groups is 1. The highest BCUT2D eigenvalue weighted by molar-refractivity contribution is 5.93. The number of aliphatic carboxylic acids is 1. The molecule has 0 unspecified atom stereocenters. The first kappa shape index (κ1) is 30.7. The van der Waals surface area contributed by atoms with Crippen molar-refractivity contribution in [3.8, 4) is 5.75 Å². The molecule has 0 aliphatic heterocycles. The molecule has 0 aliphatic carbocycles. The topological polar surface area (TPSA) is 220 Å². The van der Waals surface area contributed by atoms with Crippen LogP contribution in [0.15, 0.2) is 54.6 Å². The molecule has 9 N–H and O–H groups in total. The summed E-state index contributed by atoms with van der Waals surface area (Å²) in [4.78, 5) is 60.9. The van der Waals surface area contributed by atoms with E-state index in [-0.39, 0.29) is 18.6 Å². The molecular formula is C26H33N5O8. The fourth-order valence-corrected chi connectivity index (χ4v) is 3.47. The molecule has 2 aromatic carbocycles. The van der Waals surface area contributed by atoms with Gasteiger partial charge in [-0.15, -0.1) is 0 Å². The molecule has 0 aromatic heterocycles. The van der Waals surface area contributed by atoms with E-state index in [2.05, 4.69) is 21.3 Å². The highest BCUT2D eigenvalue weighted by Gasteiger charge is 2.29. The molecule has 2 rings (SSSR count). The van der Waals surface area contributed by atoms with Gasteiger partial charge in [0.2, 0.25) is 23.6 Å². The van der Waals surface area contributed by atoms with Crippen LogP contribution < -0.4 is 27.0 Å². The number of phenols is 1. The molecule has 0 heterocycles. The lowest BCUT2D eigenvalue weighted by Crippen LogP contribution is -2.56. The van der Waals surface area contributed by atoms with E-state index < -0.39 is 66.9 Å². The number of aliphatic hydroxyl groups is 1. The summed E-state index contributed by atoms with van der Waals surface area (Å²) in [6.45, 7) is 0.238. The molecule has 210 valence electrons. The Kier molecular flexibility index (Phi) is 11.9. The van der Waals surface area contributed by atoms with Crippen LogP contribution in [-0.2, 0) is 36.8 Å². The number of benzene rings is 2. The van der Waals surface area contributed by atoms with Crippen molar-refractivity contribution in [3.63, 3.8) is 0 Å². The Labute approximate surface area is 224 Å². The second-order valence-corrected chi connectivity index (χ2v) is 8.85. The van der Waals surface area contributed by atoms with Gasteiger partial charge in [-0.25, -0.2) is 4.79 Å². The highest BCUT2D eigenvalue weighted by Crippen LogP contribution is 2.11. The van der Waals surface area contributed by atoms with Gasteiger partial charge in [0.1, 0.15) is 11.8 Å². The summed E-state index contributed by atoms with van der Waals surface area (Å²) in [7, 11) is 0. The molecule has 39 heavy (non-hydrogen) atoms. The van der Waals surface area contributed by atoms with Crippen LogP contribution in [-0.4, -0.2) is 82.2 Å². The number of nitrogens with two attached hydrogens (primary N) is 1. The third-order valence-electron chi connectivity index (χ3n) is 5.58. The summed E-state index contributed by atoms with van der Waals surface area (Å²) in [5.74, 6) is -4.21. The molecule has 0 spiro atoms. The molecule has 13 heteroatoms. The average Bonchev–Trinajstić information content (AvgIpc) is 2.90. The van der Waals surface area contributed by atoms with Crippen molar-refractivity contribution in [2.75, 3.05) is 13.1 Å². The van der Waals surface area contributed by atoms with Gasteiger partial charge in [0.05, 0.1) is 25.2 Å². The Balaban J connectivity index is 1.88. The molecule has 0 saturated carbocycles. The van der Waals surface area contributed by atoms with Crippen LogP contribution in [0, 0.1) is 0 Å². The third-order valence-corrected chi connectivity index (χ3v) is 5.58. The van der Waals surface area contributed by atoms with Gasteiger partial charge >= 0.3 is 5.97 Å². The second-order valence-electron chi connectivity index (χ2n) is 8.85. The first-order valence-corrected chi connectivity index (χ1v) is 12.1. The van der Waals surface area contributed by atoms with Crippen LogP contribution in [0.2, 0.25) is 0 Å². The van der Waals surface area contributed by atoms with Crippen LogP contribution in [0.3, 0.4) is 0 Å². The maximum atomic E-state index is 12.8. The van der Waals surface area contributed by atoms with Gasteiger partial charge in [0.25, 0.3) is 0 Å². The molecule has 4 atom stereocenters.